The van der Waals surface area contributed by atoms with Crippen molar-refractivity contribution in [3.05, 3.63) is 0 Å². The third kappa shape index (κ3) is 6.35. The van der Waals surface area contributed by atoms with Gasteiger partial charge in [0.15, 0.2) is 5.66 Å². The summed E-state index contributed by atoms with van der Waals surface area (Å²) in [5.41, 5.74) is -1.65. The molecule has 0 aromatic carbocycles. The summed E-state index contributed by atoms with van der Waals surface area (Å²) in [4.78, 5) is 33.0. The SMILES string of the molecule is CN1CCC(C2CCN(C(=O)[C@@](C)(NC(=O)OC(C)(C)C)N3CCCCC3)CC2)CC1. The van der Waals surface area contributed by atoms with Crippen LogP contribution in [0.25, 0.3) is 0 Å². The highest BCUT2D eigenvalue weighted by Crippen LogP contribution is 2.33. The van der Waals surface area contributed by atoms with E-state index < -0.39 is 17.4 Å². The lowest BCUT2D eigenvalue weighted by molar-refractivity contribution is -0.148. The number of hydrogen-bond acceptors (Lipinski definition) is 5. The maximum Gasteiger partial charge on any atom is 0.409 e. The van der Waals surface area contributed by atoms with E-state index in [1.165, 1.54) is 32.4 Å². The molecule has 7 heteroatoms. The molecule has 0 unspecified atom stereocenters. The van der Waals surface area contributed by atoms with Gasteiger partial charge in [0.2, 0.25) is 0 Å². The molecule has 2 amide bonds. The van der Waals surface area contributed by atoms with Crippen LogP contribution in [0.5, 0.6) is 0 Å². The number of amides is 2. The first-order chi connectivity index (χ1) is 14.6. The summed E-state index contributed by atoms with van der Waals surface area (Å²) in [6.45, 7) is 13.0. The summed E-state index contributed by atoms with van der Waals surface area (Å²) >= 11 is 0. The van der Waals surface area contributed by atoms with E-state index in [0.717, 1.165) is 63.7 Å². The van der Waals surface area contributed by atoms with Crippen molar-refractivity contribution in [1.82, 2.24) is 20.0 Å². The lowest BCUT2D eigenvalue weighted by Crippen LogP contribution is -2.68. The lowest BCUT2D eigenvalue weighted by atomic mass is 9.78. The van der Waals surface area contributed by atoms with Crippen LogP contribution in [-0.4, -0.2) is 84.3 Å². The number of carbonyl (C=O) groups is 2. The lowest BCUT2D eigenvalue weighted by Gasteiger charge is -2.46. The van der Waals surface area contributed by atoms with Gasteiger partial charge in [0.05, 0.1) is 0 Å². The summed E-state index contributed by atoms with van der Waals surface area (Å²) in [7, 11) is 2.20. The molecule has 3 rings (SSSR count). The van der Waals surface area contributed by atoms with Crippen molar-refractivity contribution in [2.24, 2.45) is 11.8 Å². The van der Waals surface area contributed by atoms with Crippen molar-refractivity contribution in [3.8, 4) is 0 Å². The smallest absolute Gasteiger partial charge is 0.409 e. The Balaban J connectivity index is 1.64. The molecule has 178 valence electrons. The summed E-state index contributed by atoms with van der Waals surface area (Å²) in [5, 5.41) is 2.96. The van der Waals surface area contributed by atoms with Gasteiger partial charge in [-0.25, -0.2) is 4.79 Å². The van der Waals surface area contributed by atoms with Gasteiger partial charge in [0.25, 0.3) is 5.91 Å². The van der Waals surface area contributed by atoms with Gasteiger partial charge in [0, 0.05) is 26.2 Å². The highest BCUT2D eigenvalue weighted by atomic mass is 16.6. The van der Waals surface area contributed by atoms with Crippen molar-refractivity contribution >= 4 is 12.0 Å². The van der Waals surface area contributed by atoms with Crippen molar-refractivity contribution < 1.29 is 14.3 Å². The quantitative estimate of drug-likeness (QED) is 0.733. The van der Waals surface area contributed by atoms with Crippen molar-refractivity contribution in [2.45, 2.75) is 83.9 Å². The largest absolute Gasteiger partial charge is 0.444 e. The van der Waals surface area contributed by atoms with Gasteiger partial charge in [0.1, 0.15) is 5.60 Å². The Morgan fingerprint density at radius 2 is 1.32 bits per heavy atom. The number of ether oxygens (including phenoxy) is 1. The van der Waals surface area contributed by atoms with E-state index in [2.05, 4.69) is 22.2 Å². The topological polar surface area (TPSA) is 65.1 Å². The predicted octanol–water partition coefficient (Wildman–Crippen LogP) is 3.29. The average Bonchev–Trinajstić information content (AvgIpc) is 2.73. The fraction of sp³-hybridized carbons (Fsp3) is 0.917. The molecular formula is C24H44N4O3. The third-order valence-corrected chi connectivity index (χ3v) is 7.41. The molecule has 3 aliphatic heterocycles. The molecule has 0 aromatic heterocycles. The van der Waals surface area contributed by atoms with Crippen LogP contribution in [-0.2, 0) is 9.53 Å². The van der Waals surface area contributed by atoms with E-state index in [9.17, 15) is 9.59 Å². The highest BCUT2D eigenvalue weighted by molar-refractivity contribution is 5.89. The van der Waals surface area contributed by atoms with Gasteiger partial charge < -0.3 is 14.5 Å². The van der Waals surface area contributed by atoms with Crippen molar-refractivity contribution in [2.75, 3.05) is 46.3 Å². The second-order valence-corrected chi connectivity index (χ2v) is 11.0. The van der Waals surface area contributed by atoms with Gasteiger partial charge >= 0.3 is 6.09 Å². The Bertz CT molecular complexity index is 613. The molecule has 1 N–H and O–H groups in total. The molecule has 0 bridgehead atoms. The van der Waals surface area contributed by atoms with Gasteiger partial charge in [-0.1, -0.05) is 6.42 Å². The molecule has 3 saturated heterocycles. The first-order valence-corrected chi connectivity index (χ1v) is 12.3. The zero-order valence-electron chi connectivity index (χ0n) is 20.4. The predicted molar refractivity (Wildman–Crippen MR) is 123 cm³/mol. The Morgan fingerprint density at radius 1 is 0.806 bits per heavy atom. The van der Waals surface area contributed by atoms with Crippen LogP contribution in [0.3, 0.4) is 0 Å². The van der Waals surface area contributed by atoms with Crippen molar-refractivity contribution in [1.29, 1.82) is 0 Å². The minimum absolute atomic E-state index is 0.0158. The highest BCUT2D eigenvalue weighted by Gasteiger charge is 2.45. The second-order valence-electron chi connectivity index (χ2n) is 11.0. The summed E-state index contributed by atoms with van der Waals surface area (Å²) < 4.78 is 5.52. The fourth-order valence-corrected chi connectivity index (χ4v) is 5.49. The molecule has 3 aliphatic rings. The molecule has 3 fully saturated rings. The van der Waals surface area contributed by atoms with E-state index in [4.69, 9.17) is 4.74 Å². The maximum absolute atomic E-state index is 13.8. The number of carbonyl (C=O) groups excluding carboxylic acids is 2. The van der Waals surface area contributed by atoms with Gasteiger partial charge in [-0.3, -0.25) is 15.0 Å². The van der Waals surface area contributed by atoms with Crippen LogP contribution in [0.2, 0.25) is 0 Å². The molecule has 0 aliphatic carbocycles. The van der Waals surface area contributed by atoms with E-state index in [1.54, 1.807) is 0 Å². The number of alkyl carbamates (subject to hydrolysis) is 1. The van der Waals surface area contributed by atoms with Crippen LogP contribution in [0, 0.1) is 11.8 Å². The molecule has 0 spiro atoms. The summed E-state index contributed by atoms with van der Waals surface area (Å²) in [6.07, 6.45) is 7.46. The third-order valence-electron chi connectivity index (χ3n) is 7.41. The van der Waals surface area contributed by atoms with E-state index in [-0.39, 0.29) is 5.91 Å². The normalized spacial score (nSPS) is 25.1. The number of nitrogens with one attached hydrogen (secondary N) is 1. The van der Waals surface area contributed by atoms with E-state index in [0.29, 0.717) is 0 Å². The van der Waals surface area contributed by atoms with Crippen LogP contribution in [0.15, 0.2) is 0 Å². The fourth-order valence-electron chi connectivity index (χ4n) is 5.49. The zero-order valence-corrected chi connectivity index (χ0v) is 20.4. The molecule has 3 heterocycles. The van der Waals surface area contributed by atoms with Crippen LogP contribution in [0.4, 0.5) is 4.79 Å². The van der Waals surface area contributed by atoms with Gasteiger partial charge in [-0.05, 0) is 98.2 Å². The Hall–Kier alpha value is -1.34. The Morgan fingerprint density at radius 3 is 1.84 bits per heavy atom. The molecule has 7 nitrogen and oxygen atoms in total. The number of hydrogen-bond donors (Lipinski definition) is 1. The minimum atomic E-state index is -1.05. The second kappa shape index (κ2) is 10.1. The van der Waals surface area contributed by atoms with E-state index >= 15 is 0 Å². The first kappa shape index (κ1) is 24.3. The molecular weight excluding hydrogens is 392 g/mol. The molecule has 0 radical (unpaired) electrons. The van der Waals surface area contributed by atoms with E-state index in [1.807, 2.05) is 32.6 Å². The minimum Gasteiger partial charge on any atom is -0.444 e. The zero-order chi connectivity index (χ0) is 22.6. The molecule has 0 aromatic rings. The number of likely N-dealkylation sites (tertiary alicyclic amines) is 3. The molecule has 1 atom stereocenters. The first-order valence-electron chi connectivity index (χ1n) is 12.3. The Labute approximate surface area is 188 Å². The van der Waals surface area contributed by atoms with Gasteiger partial charge in [-0.15, -0.1) is 0 Å². The molecule has 31 heavy (non-hydrogen) atoms. The average molecular weight is 437 g/mol. The van der Waals surface area contributed by atoms with Gasteiger partial charge in [-0.2, -0.15) is 0 Å². The monoisotopic (exact) mass is 436 g/mol. The number of piperidine rings is 3. The Kier molecular flexibility index (Phi) is 7.90. The van der Waals surface area contributed by atoms with Crippen LogP contribution < -0.4 is 5.32 Å². The maximum atomic E-state index is 13.8. The number of rotatable bonds is 4. The van der Waals surface area contributed by atoms with Crippen molar-refractivity contribution in [3.63, 3.8) is 0 Å². The van der Waals surface area contributed by atoms with Crippen LogP contribution in [0.1, 0.15) is 72.6 Å². The number of nitrogens with zero attached hydrogens (tertiary/aromatic N) is 3. The van der Waals surface area contributed by atoms with Crippen LogP contribution >= 0.6 is 0 Å². The summed E-state index contributed by atoms with van der Waals surface area (Å²) in [5.74, 6) is 1.53. The molecule has 0 saturated carbocycles. The summed E-state index contributed by atoms with van der Waals surface area (Å²) in [6, 6.07) is 0. The standard InChI is InChI=1S/C24H44N4O3/c1-23(2,3)31-22(30)25-24(4,28-13-7-6-8-14-28)21(29)27-17-11-20(12-18-27)19-9-15-26(5)16-10-19/h19-20H,6-18H2,1-5H3,(H,25,30)/t24-/m0/s1.